The lowest BCUT2D eigenvalue weighted by molar-refractivity contribution is -0.122. The van der Waals surface area contributed by atoms with Crippen molar-refractivity contribution in [2.75, 3.05) is 0 Å². The molecule has 2 rings (SSSR count). The SMILES string of the molecule is C=CCCC(=O)C1Cc2ccccc2C1. The Kier molecular flexibility index (Phi) is 3.00. The summed E-state index contributed by atoms with van der Waals surface area (Å²) in [7, 11) is 0. The van der Waals surface area contributed by atoms with Gasteiger partial charge in [0.15, 0.2) is 0 Å². The minimum absolute atomic E-state index is 0.224. The molecule has 0 saturated heterocycles. The van der Waals surface area contributed by atoms with Crippen molar-refractivity contribution in [1.82, 2.24) is 0 Å². The number of carbonyl (C=O) groups is 1. The van der Waals surface area contributed by atoms with Crippen molar-refractivity contribution in [1.29, 1.82) is 0 Å². The van der Waals surface area contributed by atoms with Crippen molar-refractivity contribution in [3.8, 4) is 0 Å². The van der Waals surface area contributed by atoms with Crippen LogP contribution in [0.25, 0.3) is 0 Å². The van der Waals surface area contributed by atoms with Crippen LogP contribution < -0.4 is 0 Å². The highest BCUT2D eigenvalue weighted by atomic mass is 16.1. The molecule has 0 fully saturated rings. The van der Waals surface area contributed by atoms with Crippen molar-refractivity contribution in [3.63, 3.8) is 0 Å². The number of ketones is 1. The number of benzene rings is 1. The first-order chi connectivity index (χ1) is 7.31. The molecule has 0 radical (unpaired) electrons. The average Bonchev–Trinajstić information content (AvgIpc) is 2.69. The fourth-order valence-corrected chi connectivity index (χ4v) is 2.23. The quantitative estimate of drug-likeness (QED) is 0.683. The van der Waals surface area contributed by atoms with E-state index in [0.29, 0.717) is 12.2 Å². The van der Waals surface area contributed by atoms with E-state index < -0.39 is 0 Å². The molecule has 0 N–H and O–H groups in total. The topological polar surface area (TPSA) is 17.1 Å². The third-order valence-corrected chi connectivity index (χ3v) is 3.10. The lowest BCUT2D eigenvalue weighted by Crippen LogP contribution is -2.13. The first-order valence-corrected chi connectivity index (χ1v) is 5.51. The van der Waals surface area contributed by atoms with Crippen molar-refractivity contribution in [3.05, 3.63) is 48.0 Å². The van der Waals surface area contributed by atoms with Gasteiger partial charge in [0.2, 0.25) is 0 Å². The number of fused-ring (bicyclic) bond motifs is 1. The Morgan fingerprint density at radius 2 is 1.93 bits per heavy atom. The van der Waals surface area contributed by atoms with E-state index in [2.05, 4.69) is 30.8 Å². The molecule has 78 valence electrons. The number of allylic oxidation sites excluding steroid dienone is 1. The van der Waals surface area contributed by atoms with Crippen molar-refractivity contribution >= 4 is 5.78 Å². The lowest BCUT2D eigenvalue weighted by atomic mass is 9.97. The van der Waals surface area contributed by atoms with Crippen LogP contribution in [0.15, 0.2) is 36.9 Å². The van der Waals surface area contributed by atoms with Gasteiger partial charge in [0.25, 0.3) is 0 Å². The molecular weight excluding hydrogens is 184 g/mol. The predicted octanol–water partition coefficient (Wildman–Crippen LogP) is 2.94. The van der Waals surface area contributed by atoms with Gasteiger partial charge in [0.1, 0.15) is 5.78 Å². The summed E-state index contributed by atoms with van der Waals surface area (Å²) in [4.78, 5) is 11.8. The van der Waals surface area contributed by atoms with Crippen LogP contribution in [0, 0.1) is 5.92 Å². The first kappa shape index (κ1) is 10.2. The van der Waals surface area contributed by atoms with Crippen LogP contribution in [0.3, 0.4) is 0 Å². The number of carbonyl (C=O) groups excluding carboxylic acids is 1. The predicted molar refractivity (Wildman–Crippen MR) is 61.8 cm³/mol. The summed E-state index contributed by atoms with van der Waals surface area (Å²) in [5.74, 6) is 0.619. The molecule has 0 heterocycles. The van der Waals surface area contributed by atoms with E-state index in [0.717, 1.165) is 19.3 Å². The Hall–Kier alpha value is -1.37. The standard InChI is InChI=1S/C14H16O/c1-2-3-8-14(15)13-9-11-6-4-5-7-12(11)10-13/h2,4-7,13H,1,3,8-10H2. The van der Waals surface area contributed by atoms with Gasteiger partial charge in [-0.15, -0.1) is 6.58 Å². The van der Waals surface area contributed by atoms with E-state index in [-0.39, 0.29) is 5.92 Å². The Labute approximate surface area is 90.8 Å². The van der Waals surface area contributed by atoms with E-state index in [1.807, 2.05) is 6.08 Å². The van der Waals surface area contributed by atoms with Crippen LogP contribution in [-0.4, -0.2) is 5.78 Å². The largest absolute Gasteiger partial charge is 0.299 e. The Balaban J connectivity index is 2.00. The monoisotopic (exact) mass is 200 g/mol. The number of Topliss-reactive ketones (excluding diaryl/α,β-unsaturated/α-hetero) is 1. The van der Waals surface area contributed by atoms with Crippen molar-refractivity contribution in [2.24, 2.45) is 5.92 Å². The maximum absolute atomic E-state index is 11.8. The van der Waals surface area contributed by atoms with Crippen LogP contribution in [0.4, 0.5) is 0 Å². The minimum Gasteiger partial charge on any atom is -0.299 e. The van der Waals surface area contributed by atoms with Crippen LogP contribution in [-0.2, 0) is 17.6 Å². The minimum atomic E-state index is 0.224. The highest BCUT2D eigenvalue weighted by Crippen LogP contribution is 2.27. The summed E-state index contributed by atoms with van der Waals surface area (Å²) in [6.45, 7) is 3.65. The van der Waals surface area contributed by atoms with Crippen molar-refractivity contribution in [2.45, 2.75) is 25.7 Å². The maximum Gasteiger partial charge on any atom is 0.136 e. The second-order valence-corrected chi connectivity index (χ2v) is 4.17. The second-order valence-electron chi connectivity index (χ2n) is 4.17. The van der Waals surface area contributed by atoms with Gasteiger partial charge >= 0.3 is 0 Å². The Morgan fingerprint density at radius 3 is 2.47 bits per heavy atom. The summed E-state index contributed by atoms with van der Waals surface area (Å²) < 4.78 is 0. The van der Waals surface area contributed by atoms with Gasteiger partial charge < -0.3 is 0 Å². The number of rotatable bonds is 4. The van der Waals surface area contributed by atoms with Crippen LogP contribution in [0.5, 0.6) is 0 Å². The molecule has 0 atom stereocenters. The summed E-state index contributed by atoms with van der Waals surface area (Å²) in [6.07, 6.45) is 5.16. The van der Waals surface area contributed by atoms with Gasteiger partial charge in [0.05, 0.1) is 0 Å². The van der Waals surface area contributed by atoms with E-state index in [4.69, 9.17) is 0 Å². The van der Waals surface area contributed by atoms with Crippen LogP contribution in [0.2, 0.25) is 0 Å². The van der Waals surface area contributed by atoms with Gasteiger partial charge in [0, 0.05) is 12.3 Å². The fourth-order valence-electron chi connectivity index (χ4n) is 2.23. The lowest BCUT2D eigenvalue weighted by Gasteiger charge is -2.05. The van der Waals surface area contributed by atoms with E-state index in [1.54, 1.807) is 0 Å². The third-order valence-electron chi connectivity index (χ3n) is 3.10. The van der Waals surface area contributed by atoms with Crippen LogP contribution in [0.1, 0.15) is 24.0 Å². The zero-order valence-electron chi connectivity index (χ0n) is 8.91. The smallest absolute Gasteiger partial charge is 0.136 e. The zero-order chi connectivity index (χ0) is 10.7. The molecule has 0 aromatic heterocycles. The molecular formula is C14H16O. The molecule has 0 spiro atoms. The van der Waals surface area contributed by atoms with E-state index >= 15 is 0 Å². The Bertz CT molecular complexity index is 354. The zero-order valence-corrected chi connectivity index (χ0v) is 8.91. The fraction of sp³-hybridized carbons (Fsp3) is 0.357. The summed E-state index contributed by atoms with van der Waals surface area (Å²) >= 11 is 0. The molecule has 0 saturated carbocycles. The molecule has 0 bridgehead atoms. The molecule has 0 aliphatic heterocycles. The summed E-state index contributed by atoms with van der Waals surface area (Å²) in [5.41, 5.74) is 2.71. The van der Waals surface area contributed by atoms with E-state index in [9.17, 15) is 4.79 Å². The molecule has 1 aromatic carbocycles. The number of hydrogen-bond donors (Lipinski definition) is 0. The molecule has 1 nitrogen and oxygen atoms in total. The maximum atomic E-state index is 11.8. The highest BCUT2D eigenvalue weighted by Gasteiger charge is 2.25. The second kappa shape index (κ2) is 4.43. The van der Waals surface area contributed by atoms with Gasteiger partial charge in [-0.1, -0.05) is 30.3 Å². The summed E-state index contributed by atoms with van der Waals surface area (Å²) in [6, 6.07) is 8.37. The third kappa shape index (κ3) is 2.17. The normalized spacial score (nSPS) is 14.9. The molecule has 0 amide bonds. The highest BCUT2D eigenvalue weighted by molar-refractivity contribution is 5.82. The summed E-state index contributed by atoms with van der Waals surface area (Å²) in [5, 5.41) is 0. The van der Waals surface area contributed by atoms with Gasteiger partial charge in [-0.25, -0.2) is 0 Å². The molecule has 1 aromatic rings. The number of hydrogen-bond acceptors (Lipinski definition) is 1. The molecule has 1 heteroatoms. The van der Waals surface area contributed by atoms with Gasteiger partial charge in [-0.3, -0.25) is 4.79 Å². The van der Waals surface area contributed by atoms with E-state index in [1.165, 1.54) is 11.1 Å². The molecule has 0 unspecified atom stereocenters. The first-order valence-electron chi connectivity index (χ1n) is 5.51. The molecule has 1 aliphatic rings. The average molecular weight is 200 g/mol. The molecule has 1 aliphatic carbocycles. The Morgan fingerprint density at radius 1 is 1.33 bits per heavy atom. The van der Waals surface area contributed by atoms with Gasteiger partial charge in [-0.05, 0) is 30.4 Å². The van der Waals surface area contributed by atoms with Crippen molar-refractivity contribution < 1.29 is 4.79 Å². The molecule has 15 heavy (non-hydrogen) atoms. The van der Waals surface area contributed by atoms with Gasteiger partial charge in [-0.2, -0.15) is 0 Å². The van der Waals surface area contributed by atoms with Crippen LogP contribution >= 0.6 is 0 Å².